The molecule has 6 heteroatoms. The summed E-state index contributed by atoms with van der Waals surface area (Å²) in [4.78, 5) is 22.3. The van der Waals surface area contributed by atoms with Gasteiger partial charge in [-0.2, -0.15) is 0 Å². The third-order valence-corrected chi connectivity index (χ3v) is 5.39. The number of hydrogen-bond acceptors (Lipinski definition) is 4. The number of rotatable bonds is 10. The smallest absolute Gasteiger partial charge is 0.309 e. The van der Waals surface area contributed by atoms with Crippen molar-refractivity contribution < 1.29 is 24.9 Å². The summed E-state index contributed by atoms with van der Waals surface area (Å²) in [6.07, 6.45) is 9.52. The van der Waals surface area contributed by atoms with E-state index in [-0.39, 0.29) is 34.1 Å². The molecule has 0 aliphatic carbocycles. The number of carboxylic acid groups (broad SMARTS) is 1. The summed E-state index contributed by atoms with van der Waals surface area (Å²) in [5.74, 6) is -1.23. The highest BCUT2D eigenvalue weighted by Crippen LogP contribution is 2.40. The molecule has 0 aliphatic heterocycles. The summed E-state index contributed by atoms with van der Waals surface area (Å²) in [6.45, 7) is 7.01. The fraction of sp³-hybridized carbons (Fsp3) is 0.455. The van der Waals surface area contributed by atoms with Gasteiger partial charge in [-0.05, 0) is 65.4 Å². The molecule has 154 valence electrons. The number of carbonyl (C=O) groups is 2. The summed E-state index contributed by atoms with van der Waals surface area (Å²) >= 11 is 6.03. The number of allylic oxidation sites excluding steroid dienone is 4. The van der Waals surface area contributed by atoms with E-state index in [4.69, 9.17) is 16.7 Å². The van der Waals surface area contributed by atoms with Crippen molar-refractivity contribution in [3.05, 3.63) is 45.5 Å². The standard InChI is InChI=1S/C22H29ClO5/c1-14(11-12-22(3,4)21(27)28)9-7-5-6-8-10-16-19(25)17(13-24)15(2)18(23)20(16)26/h6,8-9,13,25-26H,5,7,10-12H2,1-4H3,(H,27,28)/b8-6+,14-9+. The lowest BCUT2D eigenvalue weighted by Gasteiger charge is -2.18. The molecule has 5 nitrogen and oxygen atoms in total. The maximum absolute atomic E-state index is 11.1. The monoisotopic (exact) mass is 408 g/mol. The summed E-state index contributed by atoms with van der Waals surface area (Å²) < 4.78 is 0. The van der Waals surface area contributed by atoms with Crippen LogP contribution in [0.15, 0.2) is 23.8 Å². The van der Waals surface area contributed by atoms with Crippen LogP contribution in [-0.2, 0) is 11.2 Å². The molecule has 0 heterocycles. The number of aliphatic carboxylic acids is 1. The Morgan fingerprint density at radius 3 is 2.36 bits per heavy atom. The summed E-state index contributed by atoms with van der Waals surface area (Å²) in [5, 5.41) is 29.5. The van der Waals surface area contributed by atoms with Gasteiger partial charge >= 0.3 is 5.97 Å². The lowest BCUT2D eigenvalue weighted by molar-refractivity contribution is -0.147. The fourth-order valence-electron chi connectivity index (χ4n) is 2.68. The Balaban J connectivity index is 2.61. The zero-order valence-electron chi connectivity index (χ0n) is 16.9. The van der Waals surface area contributed by atoms with Crippen LogP contribution >= 0.6 is 11.6 Å². The van der Waals surface area contributed by atoms with E-state index >= 15 is 0 Å². The largest absolute Gasteiger partial charge is 0.507 e. The second-order valence-corrected chi connectivity index (χ2v) is 8.02. The lowest BCUT2D eigenvalue weighted by atomic mass is 9.86. The molecular weight excluding hydrogens is 380 g/mol. The van der Waals surface area contributed by atoms with Crippen molar-refractivity contribution in [3.8, 4) is 11.5 Å². The van der Waals surface area contributed by atoms with Crippen LogP contribution < -0.4 is 0 Å². The van der Waals surface area contributed by atoms with E-state index in [2.05, 4.69) is 6.08 Å². The minimum absolute atomic E-state index is 0.0751. The van der Waals surface area contributed by atoms with E-state index in [1.165, 1.54) is 0 Å². The molecule has 28 heavy (non-hydrogen) atoms. The van der Waals surface area contributed by atoms with Crippen LogP contribution in [0.25, 0.3) is 0 Å². The van der Waals surface area contributed by atoms with Crippen molar-refractivity contribution in [2.24, 2.45) is 5.41 Å². The highest BCUT2D eigenvalue weighted by molar-refractivity contribution is 6.33. The molecule has 1 aromatic rings. The zero-order chi connectivity index (χ0) is 21.5. The SMILES string of the molecule is C/C(=C\CC/C=C/Cc1c(O)c(Cl)c(C)c(C=O)c1O)CCC(C)(C)C(=O)O. The van der Waals surface area contributed by atoms with Gasteiger partial charge in [0.15, 0.2) is 6.29 Å². The molecule has 0 bridgehead atoms. The number of carbonyl (C=O) groups excluding carboxylic acids is 1. The Morgan fingerprint density at radius 1 is 1.14 bits per heavy atom. The van der Waals surface area contributed by atoms with Crippen molar-refractivity contribution in [1.29, 1.82) is 0 Å². The van der Waals surface area contributed by atoms with Crippen LogP contribution in [0, 0.1) is 12.3 Å². The van der Waals surface area contributed by atoms with Crippen molar-refractivity contribution >= 4 is 23.9 Å². The van der Waals surface area contributed by atoms with Crippen molar-refractivity contribution in [1.82, 2.24) is 0 Å². The maximum atomic E-state index is 11.1. The third kappa shape index (κ3) is 6.13. The molecule has 0 radical (unpaired) electrons. The first kappa shape index (κ1) is 23.8. The molecule has 0 fully saturated rings. The van der Waals surface area contributed by atoms with Crippen LogP contribution in [0.4, 0.5) is 0 Å². The number of phenolic OH excluding ortho intramolecular Hbond substituents is 2. The Kier molecular flexibility index (Phi) is 8.76. The highest BCUT2D eigenvalue weighted by atomic mass is 35.5. The maximum Gasteiger partial charge on any atom is 0.309 e. The Bertz CT molecular complexity index is 791. The van der Waals surface area contributed by atoms with Crippen LogP contribution in [0.3, 0.4) is 0 Å². The topological polar surface area (TPSA) is 94.8 Å². The first-order valence-corrected chi connectivity index (χ1v) is 9.62. The van der Waals surface area contributed by atoms with Gasteiger partial charge < -0.3 is 15.3 Å². The molecule has 0 saturated carbocycles. The molecule has 1 rings (SSSR count). The number of phenols is 2. The number of carboxylic acids is 1. The lowest BCUT2D eigenvalue weighted by Crippen LogP contribution is -2.23. The van der Waals surface area contributed by atoms with Crippen LogP contribution in [0.5, 0.6) is 11.5 Å². The van der Waals surface area contributed by atoms with E-state index in [1.807, 2.05) is 19.1 Å². The van der Waals surface area contributed by atoms with E-state index < -0.39 is 11.4 Å². The first-order valence-electron chi connectivity index (χ1n) is 9.25. The van der Waals surface area contributed by atoms with Gasteiger partial charge in [-0.1, -0.05) is 35.4 Å². The van der Waals surface area contributed by atoms with Crippen molar-refractivity contribution in [2.75, 3.05) is 0 Å². The molecule has 0 unspecified atom stereocenters. The second kappa shape index (κ2) is 10.3. The highest BCUT2D eigenvalue weighted by Gasteiger charge is 2.26. The summed E-state index contributed by atoms with van der Waals surface area (Å²) in [5.41, 5.74) is 1.10. The average molecular weight is 409 g/mol. The Hall–Kier alpha value is -2.27. The van der Waals surface area contributed by atoms with Gasteiger partial charge in [-0.3, -0.25) is 9.59 Å². The minimum Gasteiger partial charge on any atom is -0.507 e. The quantitative estimate of drug-likeness (QED) is 0.266. The summed E-state index contributed by atoms with van der Waals surface area (Å²) in [6, 6.07) is 0. The molecule has 0 spiro atoms. The van der Waals surface area contributed by atoms with Crippen LogP contribution in [0.2, 0.25) is 5.02 Å². The van der Waals surface area contributed by atoms with Gasteiger partial charge in [-0.15, -0.1) is 0 Å². The molecule has 0 aliphatic rings. The predicted octanol–water partition coefficient (Wildman–Crippen LogP) is 5.59. The molecule has 0 saturated heterocycles. The number of hydrogen-bond donors (Lipinski definition) is 3. The molecular formula is C22H29ClO5. The van der Waals surface area contributed by atoms with Gasteiger partial charge in [0, 0.05) is 5.56 Å². The summed E-state index contributed by atoms with van der Waals surface area (Å²) in [7, 11) is 0. The van der Waals surface area contributed by atoms with Gasteiger partial charge in [0.1, 0.15) is 11.5 Å². The van der Waals surface area contributed by atoms with Crippen molar-refractivity contribution in [3.63, 3.8) is 0 Å². The fourth-order valence-corrected chi connectivity index (χ4v) is 2.90. The normalized spacial score (nSPS) is 12.5. The number of aromatic hydroxyl groups is 2. The first-order chi connectivity index (χ1) is 13.0. The Morgan fingerprint density at radius 2 is 1.79 bits per heavy atom. The third-order valence-electron chi connectivity index (χ3n) is 4.92. The molecule has 1 aromatic carbocycles. The number of halogens is 1. The van der Waals surface area contributed by atoms with Gasteiger partial charge in [0.2, 0.25) is 0 Å². The molecule has 0 atom stereocenters. The van der Waals surface area contributed by atoms with E-state index in [1.54, 1.807) is 20.8 Å². The number of aldehydes is 1. The number of unbranched alkanes of at least 4 members (excludes halogenated alkanes) is 1. The number of benzene rings is 1. The molecule has 3 N–H and O–H groups in total. The minimum atomic E-state index is -0.788. The molecule has 0 amide bonds. The molecule has 0 aromatic heterocycles. The van der Waals surface area contributed by atoms with Gasteiger partial charge in [0.05, 0.1) is 16.0 Å². The van der Waals surface area contributed by atoms with Crippen LogP contribution in [-0.4, -0.2) is 27.6 Å². The van der Waals surface area contributed by atoms with E-state index in [9.17, 15) is 19.8 Å². The van der Waals surface area contributed by atoms with Crippen LogP contribution in [0.1, 0.15) is 67.9 Å². The van der Waals surface area contributed by atoms with Gasteiger partial charge in [0.25, 0.3) is 0 Å². The van der Waals surface area contributed by atoms with Gasteiger partial charge in [-0.25, -0.2) is 0 Å². The second-order valence-electron chi connectivity index (χ2n) is 7.64. The van der Waals surface area contributed by atoms with E-state index in [0.717, 1.165) is 24.8 Å². The predicted molar refractivity (Wildman–Crippen MR) is 111 cm³/mol. The average Bonchev–Trinajstić information content (AvgIpc) is 2.63. The zero-order valence-corrected chi connectivity index (χ0v) is 17.6. The Labute approximate surface area is 171 Å². The van der Waals surface area contributed by atoms with Crippen molar-refractivity contribution in [2.45, 2.75) is 59.8 Å². The van der Waals surface area contributed by atoms with E-state index in [0.29, 0.717) is 18.3 Å².